The number of benzene rings is 1. The van der Waals surface area contributed by atoms with Crippen LogP contribution in [0.3, 0.4) is 0 Å². The van der Waals surface area contributed by atoms with Crippen molar-refractivity contribution in [1.82, 2.24) is 0 Å². The molecule has 6 heteroatoms. The van der Waals surface area contributed by atoms with Crippen molar-refractivity contribution < 1.29 is 14.6 Å². The highest BCUT2D eigenvalue weighted by atomic mass is 35.5. The van der Waals surface area contributed by atoms with Gasteiger partial charge in [-0.15, -0.1) is 0 Å². The van der Waals surface area contributed by atoms with Crippen LogP contribution in [-0.4, -0.2) is 30.8 Å². The maximum atomic E-state index is 11.2. The Morgan fingerprint density at radius 2 is 2.20 bits per heavy atom. The molecule has 1 rings (SSSR count). The normalized spacial score (nSPS) is 10.8. The summed E-state index contributed by atoms with van der Waals surface area (Å²) in [5, 5.41) is 12.5. The Morgan fingerprint density at radius 3 is 2.80 bits per heavy atom. The fourth-order valence-electron chi connectivity index (χ4n) is 1.68. The van der Waals surface area contributed by atoms with Crippen LogP contribution < -0.4 is 11.1 Å². The van der Waals surface area contributed by atoms with E-state index in [1.807, 2.05) is 0 Å². The number of hydrogen-bond acceptors (Lipinski definition) is 4. The highest BCUT2D eigenvalue weighted by Gasteiger charge is 2.14. The average molecular weight is 301 g/mol. The predicted molar refractivity (Wildman–Crippen MR) is 81.6 cm³/mol. The fraction of sp³-hybridized carbons (Fsp3) is 0.500. The van der Waals surface area contributed by atoms with Gasteiger partial charge in [-0.05, 0) is 24.5 Å². The highest BCUT2D eigenvalue weighted by molar-refractivity contribution is 6.34. The number of carboxylic acids is 1. The molecule has 20 heavy (non-hydrogen) atoms. The van der Waals surface area contributed by atoms with Crippen molar-refractivity contribution in [3.05, 3.63) is 22.7 Å². The standard InChI is InChI=1S/C14H21ClN2O3/c1-9(2)8-20-5-3-4-17-13-11(14(18)19)6-10(16)7-12(13)15/h6-7,9,17H,3-5,8,16H2,1-2H3,(H,18,19). The molecular formula is C14H21ClN2O3. The SMILES string of the molecule is CC(C)COCCCNc1c(Cl)cc(N)cc1C(=O)O. The summed E-state index contributed by atoms with van der Waals surface area (Å²) in [5.41, 5.74) is 6.41. The van der Waals surface area contributed by atoms with Crippen LogP contribution in [0.5, 0.6) is 0 Å². The van der Waals surface area contributed by atoms with Gasteiger partial charge in [-0.3, -0.25) is 0 Å². The summed E-state index contributed by atoms with van der Waals surface area (Å²) < 4.78 is 5.45. The first kappa shape index (κ1) is 16.6. The summed E-state index contributed by atoms with van der Waals surface area (Å²) in [4.78, 5) is 11.2. The minimum absolute atomic E-state index is 0.0816. The van der Waals surface area contributed by atoms with Gasteiger partial charge >= 0.3 is 5.97 Å². The van der Waals surface area contributed by atoms with E-state index in [0.29, 0.717) is 35.5 Å². The number of ether oxygens (including phenoxy) is 1. The zero-order valence-electron chi connectivity index (χ0n) is 11.8. The first-order valence-corrected chi connectivity index (χ1v) is 6.93. The van der Waals surface area contributed by atoms with Crippen LogP contribution >= 0.6 is 11.6 Å². The van der Waals surface area contributed by atoms with Gasteiger partial charge in [0.1, 0.15) is 0 Å². The Morgan fingerprint density at radius 1 is 1.50 bits per heavy atom. The molecule has 0 aliphatic heterocycles. The zero-order chi connectivity index (χ0) is 15.1. The van der Waals surface area contributed by atoms with Crippen molar-refractivity contribution in [1.29, 1.82) is 0 Å². The van der Waals surface area contributed by atoms with Gasteiger partial charge in [0.05, 0.1) is 16.3 Å². The first-order valence-electron chi connectivity index (χ1n) is 6.55. The molecule has 0 amide bonds. The van der Waals surface area contributed by atoms with Crippen molar-refractivity contribution >= 4 is 28.9 Å². The number of aromatic carboxylic acids is 1. The first-order chi connectivity index (χ1) is 9.41. The molecule has 4 N–H and O–H groups in total. The molecule has 0 aliphatic carbocycles. The summed E-state index contributed by atoms with van der Waals surface area (Å²) >= 11 is 6.02. The summed E-state index contributed by atoms with van der Waals surface area (Å²) in [5.74, 6) is -0.550. The molecule has 0 saturated carbocycles. The van der Waals surface area contributed by atoms with Crippen LogP contribution in [0.4, 0.5) is 11.4 Å². The van der Waals surface area contributed by atoms with Crippen molar-refractivity contribution in [2.75, 3.05) is 30.8 Å². The van der Waals surface area contributed by atoms with Crippen LogP contribution in [0.2, 0.25) is 5.02 Å². The molecule has 0 radical (unpaired) electrons. The van der Waals surface area contributed by atoms with E-state index >= 15 is 0 Å². The van der Waals surface area contributed by atoms with E-state index in [9.17, 15) is 4.79 Å². The summed E-state index contributed by atoms with van der Waals surface area (Å²) in [6.45, 7) is 6.11. The smallest absolute Gasteiger partial charge is 0.337 e. The van der Waals surface area contributed by atoms with E-state index in [4.69, 9.17) is 27.2 Å². The number of carboxylic acid groups (broad SMARTS) is 1. The van der Waals surface area contributed by atoms with Crippen molar-refractivity contribution in [3.8, 4) is 0 Å². The van der Waals surface area contributed by atoms with Crippen molar-refractivity contribution in [2.24, 2.45) is 5.92 Å². The average Bonchev–Trinajstić information content (AvgIpc) is 2.34. The molecule has 0 fully saturated rings. The quantitative estimate of drug-likeness (QED) is 0.507. The number of hydrogen-bond donors (Lipinski definition) is 3. The minimum Gasteiger partial charge on any atom is -0.478 e. The van der Waals surface area contributed by atoms with E-state index in [1.54, 1.807) is 0 Å². The number of halogens is 1. The van der Waals surface area contributed by atoms with Crippen LogP contribution in [0, 0.1) is 5.92 Å². The highest BCUT2D eigenvalue weighted by Crippen LogP contribution is 2.29. The molecule has 0 saturated heterocycles. The number of anilines is 2. The van der Waals surface area contributed by atoms with Crippen LogP contribution in [0.25, 0.3) is 0 Å². The monoisotopic (exact) mass is 300 g/mol. The Hall–Kier alpha value is -1.46. The van der Waals surface area contributed by atoms with Crippen LogP contribution in [0.1, 0.15) is 30.6 Å². The molecule has 112 valence electrons. The molecule has 0 heterocycles. The van der Waals surface area contributed by atoms with Gasteiger partial charge in [0, 0.05) is 25.4 Å². The second kappa shape index (κ2) is 7.97. The Balaban J connectivity index is 2.53. The Kier molecular flexibility index (Phi) is 6.61. The third kappa shape index (κ3) is 5.27. The van der Waals surface area contributed by atoms with Gasteiger partial charge in [0.2, 0.25) is 0 Å². The van der Waals surface area contributed by atoms with Gasteiger partial charge in [-0.1, -0.05) is 25.4 Å². The van der Waals surface area contributed by atoms with Gasteiger partial charge in [-0.2, -0.15) is 0 Å². The summed E-state index contributed by atoms with van der Waals surface area (Å²) in [7, 11) is 0. The molecule has 1 aromatic carbocycles. The molecule has 0 aromatic heterocycles. The Labute approximate surface area is 124 Å². The molecule has 0 spiro atoms. The van der Waals surface area contributed by atoms with Gasteiger partial charge in [-0.25, -0.2) is 4.79 Å². The Bertz CT molecular complexity index is 464. The molecule has 5 nitrogen and oxygen atoms in total. The lowest BCUT2D eigenvalue weighted by molar-refractivity contribution is 0.0698. The minimum atomic E-state index is -1.06. The maximum Gasteiger partial charge on any atom is 0.337 e. The second-order valence-corrected chi connectivity index (χ2v) is 5.39. The van der Waals surface area contributed by atoms with E-state index < -0.39 is 5.97 Å². The maximum absolute atomic E-state index is 11.2. The lowest BCUT2D eigenvalue weighted by Crippen LogP contribution is -2.12. The van der Waals surface area contributed by atoms with Gasteiger partial charge in [0.25, 0.3) is 0 Å². The third-order valence-electron chi connectivity index (χ3n) is 2.56. The number of nitrogens with two attached hydrogens (primary N) is 1. The summed E-state index contributed by atoms with van der Waals surface area (Å²) in [6, 6.07) is 2.93. The topological polar surface area (TPSA) is 84.6 Å². The number of nitrogen functional groups attached to an aromatic ring is 1. The fourth-order valence-corrected chi connectivity index (χ4v) is 1.98. The van der Waals surface area contributed by atoms with E-state index in [1.165, 1.54) is 12.1 Å². The lowest BCUT2D eigenvalue weighted by Gasteiger charge is -2.13. The van der Waals surface area contributed by atoms with E-state index in [0.717, 1.165) is 13.0 Å². The third-order valence-corrected chi connectivity index (χ3v) is 2.86. The molecule has 1 aromatic rings. The second-order valence-electron chi connectivity index (χ2n) is 4.98. The molecule has 0 aliphatic rings. The van der Waals surface area contributed by atoms with Crippen molar-refractivity contribution in [3.63, 3.8) is 0 Å². The molecule has 0 bridgehead atoms. The van der Waals surface area contributed by atoms with E-state index in [2.05, 4.69) is 19.2 Å². The number of carbonyl (C=O) groups is 1. The number of nitrogens with one attached hydrogen (secondary N) is 1. The largest absolute Gasteiger partial charge is 0.478 e. The van der Waals surface area contributed by atoms with E-state index in [-0.39, 0.29) is 5.56 Å². The summed E-state index contributed by atoms with van der Waals surface area (Å²) in [6.07, 6.45) is 0.770. The lowest BCUT2D eigenvalue weighted by atomic mass is 10.1. The number of rotatable bonds is 8. The van der Waals surface area contributed by atoms with Crippen LogP contribution in [0.15, 0.2) is 12.1 Å². The predicted octanol–water partition coefficient (Wildman–Crippen LogP) is 3.10. The van der Waals surface area contributed by atoms with Crippen LogP contribution in [-0.2, 0) is 4.74 Å². The molecular weight excluding hydrogens is 280 g/mol. The van der Waals surface area contributed by atoms with Gasteiger partial charge < -0.3 is 20.9 Å². The molecule has 0 unspecified atom stereocenters. The zero-order valence-corrected chi connectivity index (χ0v) is 12.5. The van der Waals surface area contributed by atoms with Crippen molar-refractivity contribution in [2.45, 2.75) is 20.3 Å². The van der Waals surface area contributed by atoms with Gasteiger partial charge in [0.15, 0.2) is 0 Å². The molecule has 0 atom stereocenters.